The van der Waals surface area contributed by atoms with E-state index in [4.69, 9.17) is 38.5 Å². The number of nitrogens with zero attached hydrogens (tertiary/aromatic N) is 4. The maximum atomic E-state index is 12.6. The van der Waals surface area contributed by atoms with Crippen molar-refractivity contribution in [2.45, 2.75) is 206 Å². The predicted octanol–water partition coefficient (Wildman–Crippen LogP) is 10.9. The zero-order valence-corrected chi connectivity index (χ0v) is 45.9. The van der Waals surface area contributed by atoms with Crippen LogP contribution in [-0.2, 0) is 23.7 Å². The first-order valence-corrected chi connectivity index (χ1v) is 33.2. The Hall–Kier alpha value is -2.60. The number of aromatic nitrogens is 4. The SMILES string of the molecule is CCCCCNc1nc2nc(-c3ccccc3)[nH]c2c(O[N+](=O)[O-])[n+]1[C@@H]1O[C@H](CO)[C@@H](OO[Si](C(C)C)(C(C)C)[Si](C(C)C)C(C)C)[C@@H]1OO[Si](C(C)C)(C(C)C)[Si](C(C)C)C(C)C. The minimum absolute atomic E-state index is 0.177. The molecule has 3 N–H and O–H groups in total. The van der Waals surface area contributed by atoms with Crippen LogP contribution in [0.3, 0.4) is 0 Å². The lowest BCUT2D eigenvalue weighted by molar-refractivity contribution is -0.809. The number of nitrogens with one attached hydrogen (secondary N) is 2. The minimum Gasteiger partial charge on any atom is -0.394 e. The molecule has 1 aliphatic rings. The van der Waals surface area contributed by atoms with Crippen molar-refractivity contribution in [1.82, 2.24) is 15.0 Å². The molecule has 4 rings (SSSR count). The van der Waals surface area contributed by atoms with Gasteiger partial charge in [-0.15, -0.1) is 10.1 Å². The summed E-state index contributed by atoms with van der Waals surface area (Å²) in [6.07, 6.45) is -1.60. The number of H-pyrrole nitrogens is 1. The molecule has 19 heteroatoms. The maximum absolute atomic E-state index is 12.6. The number of rotatable bonds is 26. The standard InChI is InChI=1S/C45H80N6O9Si4/c1-18-19-23-26-46-45-49-42-38(47-41(48-42)36-24-21-20-22-25-36)43(56-51(53)54)50(45)44-40(58-60-64(34(14)15,35(16)17)62(30(6)7)31(8)9)39(37(27-52)55-44)57-59-63(32(10)11,33(12)13)61(28(2)3)29(4)5/h20-22,24-25,28-35,37,39-40,44,52H,18-19,23,26-27H2,1-17H3,(H,46,47,48,49)/p+1/t37-,39-,40+,44-/m1/s1. The number of aliphatic hydroxyl groups excluding tert-OH is 1. The second-order valence-electron chi connectivity index (χ2n) is 20.0. The Kier molecular flexibility index (Phi) is 19.8. The summed E-state index contributed by atoms with van der Waals surface area (Å²) in [4.78, 5) is 45.1. The average Bonchev–Trinajstić information content (AvgIpc) is 3.79. The van der Waals surface area contributed by atoms with E-state index in [0.29, 0.717) is 34.5 Å². The molecule has 2 radical (unpaired) electrons. The number of hydrogen-bond acceptors (Lipinski definition) is 12. The minimum atomic E-state index is -2.79. The van der Waals surface area contributed by atoms with Gasteiger partial charge in [-0.1, -0.05) is 183 Å². The Morgan fingerprint density at radius 2 is 1.30 bits per heavy atom. The van der Waals surface area contributed by atoms with Gasteiger partial charge in [0.1, 0.15) is 11.9 Å². The second kappa shape index (κ2) is 23.4. The Morgan fingerprint density at radius 3 is 1.73 bits per heavy atom. The molecular weight excluding hydrogens is 881 g/mol. The number of imidazole rings is 1. The molecule has 3 heterocycles. The summed E-state index contributed by atoms with van der Waals surface area (Å²) in [6.45, 7) is 38.5. The van der Waals surface area contributed by atoms with Gasteiger partial charge in [0, 0.05) is 5.56 Å². The van der Waals surface area contributed by atoms with Gasteiger partial charge in [-0.3, -0.25) is 14.5 Å². The van der Waals surface area contributed by atoms with Gasteiger partial charge in [0.2, 0.25) is 21.9 Å². The van der Waals surface area contributed by atoms with Gasteiger partial charge in [0.15, 0.2) is 17.7 Å². The van der Waals surface area contributed by atoms with Crippen molar-refractivity contribution in [2.24, 2.45) is 0 Å². The van der Waals surface area contributed by atoms with Crippen molar-refractivity contribution in [3.05, 3.63) is 40.4 Å². The Morgan fingerprint density at radius 1 is 0.797 bits per heavy atom. The summed E-state index contributed by atoms with van der Waals surface area (Å²) in [6, 6.07) is 9.48. The number of benzene rings is 1. The molecule has 360 valence electrons. The third-order valence-electron chi connectivity index (χ3n) is 13.0. The first-order valence-electron chi connectivity index (χ1n) is 23.8. The zero-order chi connectivity index (χ0) is 47.8. The summed E-state index contributed by atoms with van der Waals surface area (Å²) in [5, 5.41) is 26.4. The summed E-state index contributed by atoms with van der Waals surface area (Å²) >= 11 is 0. The van der Waals surface area contributed by atoms with Gasteiger partial charge in [-0.2, -0.15) is 9.55 Å². The fourth-order valence-electron chi connectivity index (χ4n) is 10.6. The number of anilines is 1. The van der Waals surface area contributed by atoms with Gasteiger partial charge in [-0.05, 0) is 33.6 Å². The van der Waals surface area contributed by atoms with E-state index in [1.165, 1.54) is 4.57 Å². The van der Waals surface area contributed by atoms with E-state index in [0.717, 1.165) is 24.8 Å². The first-order chi connectivity index (χ1) is 30.1. The van der Waals surface area contributed by atoms with E-state index in [1.807, 2.05) is 30.3 Å². The molecule has 2 aromatic heterocycles. The fraction of sp³-hybridized carbons (Fsp3) is 0.756. The highest BCUT2D eigenvalue weighted by molar-refractivity contribution is 7.32. The highest BCUT2D eigenvalue weighted by Crippen LogP contribution is 2.47. The topological polar surface area (TPSA) is 176 Å². The van der Waals surface area contributed by atoms with Crippen LogP contribution >= 0.6 is 0 Å². The van der Waals surface area contributed by atoms with Gasteiger partial charge in [-0.25, -0.2) is 14.6 Å². The zero-order valence-electron chi connectivity index (χ0n) is 41.9. The molecule has 64 heavy (non-hydrogen) atoms. The lowest BCUT2D eigenvalue weighted by Crippen LogP contribution is -2.63. The van der Waals surface area contributed by atoms with Crippen molar-refractivity contribution < 1.29 is 43.3 Å². The molecule has 1 saturated heterocycles. The number of aliphatic hydroxyl groups is 1. The van der Waals surface area contributed by atoms with Crippen molar-refractivity contribution in [1.29, 1.82) is 0 Å². The molecule has 0 spiro atoms. The Labute approximate surface area is 388 Å². The van der Waals surface area contributed by atoms with Crippen molar-refractivity contribution in [2.75, 3.05) is 18.5 Å². The smallest absolute Gasteiger partial charge is 0.394 e. The highest BCUT2D eigenvalue weighted by atomic mass is 29.2. The summed E-state index contributed by atoms with van der Waals surface area (Å²) < 4.78 is 22.7. The van der Waals surface area contributed by atoms with Crippen LogP contribution in [0, 0.1) is 10.1 Å². The molecule has 15 nitrogen and oxygen atoms in total. The molecule has 1 aliphatic heterocycles. The third-order valence-corrected chi connectivity index (χ3v) is 47.1. The van der Waals surface area contributed by atoms with E-state index in [9.17, 15) is 15.2 Å². The number of ether oxygens (including phenoxy) is 1. The van der Waals surface area contributed by atoms with Crippen LogP contribution in [0.2, 0.25) is 44.3 Å². The molecule has 1 aromatic carbocycles. The van der Waals surface area contributed by atoms with Crippen LogP contribution in [0.15, 0.2) is 30.3 Å². The van der Waals surface area contributed by atoms with Crippen LogP contribution in [0.25, 0.3) is 22.6 Å². The molecule has 1 fully saturated rings. The number of aromatic amines is 1. The van der Waals surface area contributed by atoms with Crippen LogP contribution < -0.4 is 14.7 Å². The van der Waals surface area contributed by atoms with Crippen molar-refractivity contribution in [3.63, 3.8) is 0 Å². The quantitative estimate of drug-likeness (QED) is 0.0174. The van der Waals surface area contributed by atoms with Gasteiger partial charge in [0.25, 0.3) is 11.5 Å². The van der Waals surface area contributed by atoms with E-state index in [-0.39, 0.29) is 45.2 Å². The Bertz CT molecular complexity index is 1890. The molecule has 0 saturated carbocycles. The normalized spacial score (nSPS) is 18.9. The lowest BCUT2D eigenvalue weighted by Gasteiger charge is -2.47. The van der Waals surface area contributed by atoms with E-state index in [2.05, 4.69) is 128 Å². The largest absolute Gasteiger partial charge is 0.397 e. The molecule has 4 atom stereocenters. The van der Waals surface area contributed by atoms with Crippen LogP contribution in [0.4, 0.5) is 5.95 Å². The van der Waals surface area contributed by atoms with Crippen molar-refractivity contribution >= 4 is 49.4 Å². The molecule has 0 aliphatic carbocycles. The molecule has 0 unspecified atom stereocenters. The van der Waals surface area contributed by atoms with E-state index in [1.54, 1.807) is 0 Å². The molecule has 3 aromatic rings. The molecule has 0 bridgehead atoms. The maximum Gasteiger partial charge on any atom is 0.397 e. The predicted molar refractivity (Wildman–Crippen MR) is 262 cm³/mol. The van der Waals surface area contributed by atoms with Crippen molar-refractivity contribution in [3.8, 4) is 17.3 Å². The second-order valence-corrected chi connectivity index (χ2v) is 42.7. The van der Waals surface area contributed by atoms with Crippen LogP contribution in [0.5, 0.6) is 5.88 Å². The van der Waals surface area contributed by atoms with Gasteiger partial charge < -0.3 is 14.8 Å². The lowest BCUT2D eigenvalue weighted by atomic mass is 10.1. The fourth-order valence-corrected chi connectivity index (χ4v) is 43.4. The summed E-state index contributed by atoms with van der Waals surface area (Å²) in [5.74, 6) is 0.464. The van der Waals surface area contributed by atoms with E-state index < -0.39 is 68.5 Å². The first kappa shape index (κ1) is 54.0. The van der Waals surface area contributed by atoms with E-state index >= 15 is 0 Å². The summed E-state index contributed by atoms with van der Waals surface area (Å²) in [5.41, 5.74) is 3.50. The third kappa shape index (κ3) is 11.4. The number of unbranched alkanes of at least 4 members (excludes halogenated alkanes) is 2. The number of hydrogen-bond donors (Lipinski definition) is 3. The molecular formula is C45H81N6O9Si4+. The van der Waals surface area contributed by atoms with Crippen LogP contribution in [-0.4, -0.2) is 88.9 Å². The molecule has 0 amide bonds. The summed E-state index contributed by atoms with van der Waals surface area (Å²) in [7, 11) is -7.85. The highest BCUT2D eigenvalue weighted by Gasteiger charge is 2.60. The van der Waals surface area contributed by atoms with Crippen LogP contribution in [0.1, 0.15) is 143 Å². The van der Waals surface area contributed by atoms with Gasteiger partial charge >= 0.3 is 11.0 Å². The monoisotopic (exact) mass is 962 g/mol. The average molecular weight is 963 g/mol. The Balaban J connectivity index is 2.06. The van der Waals surface area contributed by atoms with Gasteiger partial charge in [0.05, 0.1) is 29.8 Å². The number of fused-ring (bicyclic) bond motifs is 1.